The fraction of sp³-hybridized carbons (Fsp3) is 0.500. The summed E-state index contributed by atoms with van der Waals surface area (Å²) >= 11 is 0. The third kappa shape index (κ3) is 2.07. The van der Waals surface area contributed by atoms with Gasteiger partial charge in [0.25, 0.3) is 0 Å². The molecule has 1 heterocycles. The molecular formula is C12H17NO. The third-order valence-corrected chi connectivity index (χ3v) is 3.04. The predicted molar refractivity (Wildman–Crippen MR) is 57.5 cm³/mol. The van der Waals surface area contributed by atoms with E-state index < -0.39 is 0 Å². The van der Waals surface area contributed by atoms with E-state index in [1.165, 1.54) is 19.4 Å². The molecule has 1 saturated carbocycles. The number of para-hydroxylation sites is 1. The average Bonchev–Trinajstić information content (AvgIpc) is 2.25. The summed E-state index contributed by atoms with van der Waals surface area (Å²) in [7, 11) is 1.66. The van der Waals surface area contributed by atoms with Gasteiger partial charge in [0.2, 0.25) is 0 Å². The van der Waals surface area contributed by atoms with Crippen molar-refractivity contribution in [1.29, 1.82) is 0 Å². The molecule has 14 heavy (non-hydrogen) atoms. The molecule has 2 nitrogen and oxygen atoms in total. The maximum atomic E-state index is 4.91. The first-order valence-electron chi connectivity index (χ1n) is 5.22. The highest BCUT2D eigenvalue weighted by molar-refractivity contribution is 5.20. The van der Waals surface area contributed by atoms with Gasteiger partial charge in [-0.25, -0.2) is 0 Å². The van der Waals surface area contributed by atoms with E-state index in [4.69, 9.17) is 4.74 Å². The van der Waals surface area contributed by atoms with Crippen molar-refractivity contribution in [3.8, 4) is 5.75 Å². The normalized spacial score (nSPS) is 27.2. The minimum Gasteiger partial charge on any atom is -0.497 e. The standard InChI is InChI=1S/C7H8O.C5H9N/c1-8-7-5-3-2-4-6-7;1-2-5-4(1)3-6-5/h2-6H,1H3;4-6H,1-3H2/t;4?,5-/m.0/s1. The van der Waals surface area contributed by atoms with E-state index in [0.29, 0.717) is 0 Å². The van der Waals surface area contributed by atoms with E-state index in [1.54, 1.807) is 7.11 Å². The molecule has 1 N–H and O–H groups in total. The number of rotatable bonds is 1. The summed E-state index contributed by atoms with van der Waals surface area (Å²) < 4.78 is 4.91. The highest BCUT2D eigenvalue weighted by Crippen LogP contribution is 2.32. The van der Waals surface area contributed by atoms with E-state index >= 15 is 0 Å². The van der Waals surface area contributed by atoms with Gasteiger partial charge in [0.15, 0.2) is 0 Å². The lowest BCUT2D eigenvalue weighted by Gasteiger charge is -2.47. The number of hydrogen-bond acceptors (Lipinski definition) is 2. The van der Waals surface area contributed by atoms with Crippen LogP contribution in [0.1, 0.15) is 12.8 Å². The molecule has 1 saturated heterocycles. The minimum absolute atomic E-state index is 0.910. The van der Waals surface area contributed by atoms with E-state index in [-0.39, 0.29) is 0 Å². The second-order valence-electron chi connectivity index (χ2n) is 3.87. The van der Waals surface area contributed by atoms with Gasteiger partial charge in [-0.2, -0.15) is 0 Å². The summed E-state index contributed by atoms with van der Waals surface area (Å²) in [4.78, 5) is 0. The third-order valence-electron chi connectivity index (χ3n) is 3.04. The maximum absolute atomic E-state index is 4.91. The molecule has 1 aliphatic heterocycles. The summed E-state index contributed by atoms with van der Waals surface area (Å²) in [5, 5.41) is 3.34. The van der Waals surface area contributed by atoms with Gasteiger partial charge in [-0.1, -0.05) is 18.2 Å². The van der Waals surface area contributed by atoms with Gasteiger partial charge >= 0.3 is 0 Å². The second kappa shape index (κ2) is 4.47. The molecule has 2 heteroatoms. The van der Waals surface area contributed by atoms with E-state index in [0.717, 1.165) is 17.7 Å². The van der Waals surface area contributed by atoms with Crippen molar-refractivity contribution in [2.75, 3.05) is 13.7 Å². The van der Waals surface area contributed by atoms with E-state index in [2.05, 4.69) is 5.32 Å². The molecule has 76 valence electrons. The molecule has 1 aromatic rings. The van der Waals surface area contributed by atoms with Crippen LogP contribution in [0.25, 0.3) is 0 Å². The van der Waals surface area contributed by atoms with Crippen LogP contribution in [0.3, 0.4) is 0 Å². The smallest absolute Gasteiger partial charge is 0.118 e. The molecule has 0 aromatic heterocycles. The quantitative estimate of drug-likeness (QED) is 0.733. The van der Waals surface area contributed by atoms with Crippen LogP contribution in [0, 0.1) is 5.92 Å². The van der Waals surface area contributed by atoms with Gasteiger partial charge in [0.05, 0.1) is 7.11 Å². The van der Waals surface area contributed by atoms with Crippen LogP contribution in [-0.4, -0.2) is 19.7 Å². The van der Waals surface area contributed by atoms with Crippen molar-refractivity contribution in [3.63, 3.8) is 0 Å². The summed E-state index contributed by atoms with van der Waals surface area (Å²) in [5.74, 6) is 2.01. The number of fused-ring (bicyclic) bond motifs is 1. The summed E-state index contributed by atoms with van der Waals surface area (Å²) in [6.45, 7) is 1.31. The Morgan fingerprint density at radius 2 is 1.93 bits per heavy atom. The van der Waals surface area contributed by atoms with Crippen molar-refractivity contribution in [3.05, 3.63) is 30.3 Å². The second-order valence-corrected chi connectivity index (χ2v) is 3.87. The number of hydrogen-bond donors (Lipinski definition) is 1. The molecular weight excluding hydrogens is 174 g/mol. The minimum atomic E-state index is 0.910. The fourth-order valence-corrected chi connectivity index (χ4v) is 1.78. The van der Waals surface area contributed by atoms with E-state index in [9.17, 15) is 0 Å². The number of ether oxygens (including phenoxy) is 1. The zero-order valence-electron chi connectivity index (χ0n) is 8.57. The topological polar surface area (TPSA) is 21.3 Å². The molecule has 1 unspecified atom stereocenters. The Morgan fingerprint density at radius 1 is 1.21 bits per heavy atom. The van der Waals surface area contributed by atoms with Crippen LogP contribution >= 0.6 is 0 Å². The van der Waals surface area contributed by atoms with Gasteiger partial charge < -0.3 is 10.1 Å². The molecule has 2 aliphatic rings. The Kier molecular flexibility index (Phi) is 3.04. The lowest BCUT2D eigenvalue weighted by molar-refractivity contribution is 0.111. The maximum Gasteiger partial charge on any atom is 0.118 e. The zero-order chi connectivity index (χ0) is 9.80. The van der Waals surface area contributed by atoms with Crippen molar-refractivity contribution in [1.82, 2.24) is 5.32 Å². The van der Waals surface area contributed by atoms with Gasteiger partial charge in [-0.15, -0.1) is 0 Å². The average molecular weight is 191 g/mol. The first-order chi connectivity index (χ1) is 6.90. The van der Waals surface area contributed by atoms with Crippen molar-refractivity contribution in [2.24, 2.45) is 5.92 Å². The van der Waals surface area contributed by atoms with Crippen molar-refractivity contribution < 1.29 is 4.74 Å². The number of benzene rings is 1. The molecule has 0 amide bonds. The fourth-order valence-electron chi connectivity index (χ4n) is 1.78. The highest BCUT2D eigenvalue weighted by atomic mass is 16.5. The van der Waals surface area contributed by atoms with Crippen LogP contribution < -0.4 is 10.1 Å². The van der Waals surface area contributed by atoms with Crippen LogP contribution in [0.2, 0.25) is 0 Å². The number of methoxy groups -OCH3 is 1. The van der Waals surface area contributed by atoms with E-state index in [1.807, 2.05) is 30.3 Å². The summed E-state index contributed by atoms with van der Waals surface area (Å²) in [6.07, 6.45) is 2.95. The molecule has 2 fully saturated rings. The van der Waals surface area contributed by atoms with Gasteiger partial charge in [-0.05, 0) is 37.4 Å². The Morgan fingerprint density at radius 3 is 2.14 bits per heavy atom. The molecule has 3 rings (SSSR count). The first-order valence-corrected chi connectivity index (χ1v) is 5.22. The van der Waals surface area contributed by atoms with Crippen LogP contribution in [0.15, 0.2) is 30.3 Å². The highest BCUT2D eigenvalue weighted by Gasteiger charge is 2.37. The zero-order valence-corrected chi connectivity index (χ0v) is 8.57. The molecule has 1 aliphatic carbocycles. The molecule has 0 radical (unpaired) electrons. The first kappa shape index (κ1) is 9.53. The Bertz CT molecular complexity index is 255. The molecule has 2 atom stereocenters. The lowest BCUT2D eigenvalue weighted by Crippen LogP contribution is -2.59. The van der Waals surface area contributed by atoms with Gasteiger partial charge in [0, 0.05) is 6.04 Å². The SMILES string of the molecule is C1C[C@@H]2NCC12.COc1ccccc1. The van der Waals surface area contributed by atoms with Crippen LogP contribution in [-0.2, 0) is 0 Å². The predicted octanol–water partition coefficient (Wildman–Crippen LogP) is 2.06. The Balaban J connectivity index is 0.000000110. The Labute approximate surface area is 85.3 Å². The monoisotopic (exact) mass is 191 g/mol. The number of nitrogens with one attached hydrogen (secondary N) is 1. The molecule has 0 spiro atoms. The largest absolute Gasteiger partial charge is 0.497 e. The van der Waals surface area contributed by atoms with Crippen molar-refractivity contribution in [2.45, 2.75) is 18.9 Å². The van der Waals surface area contributed by atoms with Gasteiger partial charge in [0.1, 0.15) is 5.75 Å². The van der Waals surface area contributed by atoms with Crippen molar-refractivity contribution >= 4 is 0 Å². The summed E-state index contributed by atoms with van der Waals surface area (Å²) in [5.41, 5.74) is 0. The Hall–Kier alpha value is -1.02. The number of piperidine rings is 1. The van der Waals surface area contributed by atoms with Gasteiger partial charge in [-0.3, -0.25) is 0 Å². The van der Waals surface area contributed by atoms with Crippen LogP contribution in [0.4, 0.5) is 0 Å². The summed E-state index contributed by atoms with van der Waals surface area (Å²) in [6, 6.07) is 10.6. The van der Waals surface area contributed by atoms with Crippen LogP contribution in [0.5, 0.6) is 5.75 Å². The molecule has 1 aromatic carbocycles. The lowest BCUT2D eigenvalue weighted by atomic mass is 9.74. The molecule has 0 bridgehead atoms.